The Bertz CT molecular complexity index is 1020. The third-order valence-corrected chi connectivity index (χ3v) is 3.70. The number of ether oxygens (including phenoxy) is 3. The second-order valence-corrected chi connectivity index (χ2v) is 5.57. The van der Waals surface area contributed by atoms with E-state index in [0.29, 0.717) is 22.7 Å². The Morgan fingerprint density at radius 3 is 2.45 bits per heavy atom. The van der Waals surface area contributed by atoms with E-state index in [1.807, 2.05) is 0 Å². The number of carbonyl (C=O) groups is 2. The van der Waals surface area contributed by atoms with Gasteiger partial charge in [0, 0.05) is 0 Å². The molecule has 0 saturated heterocycles. The van der Waals surface area contributed by atoms with Crippen LogP contribution in [0.15, 0.2) is 48.0 Å². The highest BCUT2D eigenvalue weighted by molar-refractivity contribution is 6.01. The Labute approximate surface area is 167 Å². The van der Waals surface area contributed by atoms with Gasteiger partial charge in [-0.15, -0.1) is 0 Å². The van der Waals surface area contributed by atoms with Crippen LogP contribution in [0.1, 0.15) is 15.9 Å². The summed E-state index contributed by atoms with van der Waals surface area (Å²) in [4.78, 5) is 24.0. The van der Waals surface area contributed by atoms with E-state index in [4.69, 9.17) is 20.0 Å². The van der Waals surface area contributed by atoms with E-state index < -0.39 is 11.9 Å². The molecule has 2 aromatic carbocycles. The summed E-state index contributed by atoms with van der Waals surface area (Å²) in [6, 6.07) is 14.8. The molecular weight excluding hydrogens is 374 g/mol. The number of allylic oxidation sites excluding steroid dienone is 1. The number of hydrogen-bond acceptors (Lipinski definition) is 7. The average molecular weight is 391 g/mol. The minimum Gasteiger partial charge on any atom is -0.493 e. The fourth-order valence-corrected chi connectivity index (χ4v) is 2.36. The lowest BCUT2D eigenvalue weighted by Crippen LogP contribution is -2.22. The summed E-state index contributed by atoms with van der Waals surface area (Å²) in [5.74, 6) is -0.418. The van der Waals surface area contributed by atoms with E-state index in [-0.39, 0.29) is 17.7 Å². The van der Waals surface area contributed by atoms with Crippen molar-refractivity contribution in [1.29, 1.82) is 10.5 Å². The molecule has 8 heteroatoms. The first kappa shape index (κ1) is 21.0. The van der Waals surface area contributed by atoms with Gasteiger partial charge in [-0.25, -0.2) is 4.79 Å². The maximum atomic E-state index is 12.2. The number of methoxy groups -OCH3 is 2. The maximum absolute atomic E-state index is 12.2. The first-order valence-electron chi connectivity index (χ1n) is 8.32. The lowest BCUT2D eigenvalue weighted by Gasteiger charge is -2.12. The molecule has 0 aromatic heterocycles. The van der Waals surface area contributed by atoms with Crippen LogP contribution in [0.3, 0.4) is 0 Å². The molecule has 2 aromatic rings. The van der Waals surface area contributed by atoms with Gasteiger partial charge in [0.1, 0.15) is 17.7 Å². The quantitative estimate of drug-likeness (QED) is 0.569. The van der Waals surface area contributed by atoms with Crippen molar-refractivity contribution >= 4 is 23.6 Å². The number of carbonyl (C=O) groups excluding carboxylic acids is 2. The zero-order valence-corrected chi connectivity index (χ0v) is 15.8. The number of nitrogens with one attached hydrogen (secondary N) is 1. The van der Waals surface area contributed by atoms with Crippen LogP contribution in [-0.2, 0) is 9.53 Å². The molecule has 0 radical (unpaired) electrons. The van der Waals surface area contributed by atoms with Gasteiger partial charge in [0.25, 0.3) is 5.91 Å². The summed E-state index contributed by atoms with van der Waals surface area (Å²) in [6.45, 7) is -0.331. The van der Waals surface area contributed by atoms with Crippen molar-refractivity contribution in [3.8, 4) is 23.6 Å². The van der Waals surface area contributed by atoms with Gasteiger partial charge in [0.2, 0.25) is 0 Å². The molecule has 0 fully saturated rings. The molecule has 0 heterocycles. The minimum atomic E-state index is -0.568. The van der Waals surface area contributed by atoms with E-state index >= 15 is 0 Å². The number of esters is 1. The Kier molecular flexibility index (Phi) is 7.35. The molecule has 0 atom stereocenters. The summed E-state index contributed by atoms with van der Waals surface area (Å²) in [5, 5.41) is 20.3. The molecule has 146 valence electrons. The van der Waals surface area contributed by atoms with Crippen molar-refractivity contribution in [3.63, 3.8) is 0 Å². The summed E-state index contributed by atoms with van der Waals surface area (Å²) >= 11 is 0. The molecule has 1 N–H and O–H groups in total. The third kappa shape index (κ3) is 5.59. The monoisotopic (exact) mass is 391 g/mol. The molecule has 0 aliphatic rings. The molecule has 0 aliphatic carbocycles. The van der Waals surface area contributed by atoms with E-state index in [1.165, 1.54) is 26.4 Å². The highest BCUT2D eigenvalue weighted by atomic mass is 16.5. The van der Waals surface area contributed by atoms with Crippen molar-refractivity contribution in [2.45, 2.75) is 0 Å². The highest BCUT2D eigenvalue weighted by Gasteiger charge is 2.14. The van der Waals surface area contributed by atoms with Crippen LogP contribution in [-0.4, -0.2) is 32.7 Å². The second-order valence-electron chi connectivity index (χ2n) is 5.57. The first-order chi connectivity index (χ1) is 14.0. The van der Waals surface area contributed by atoms with Crippen molar-refractivity contribution < 1.29 is 23.8 Å². The molecule has 0 spiro atoms. The fraction of sp³-hybridized carbons (Fsp3) is 0.143. The summed E-state index contributed by atoms with van der Waals surface area (Å²) < 4.78 is 15.4. The van der Waals surface area contributed by atoms with Crippen LogP contribution < -0.4 is 14.8 Å². The van der Waals surface area contributed by atoms with Gasteiger partial charge in [-0.05, 0) is 35.9 Å². The Morgan fingerprint density at radius 1 is 1.07 bits per heavy atom. The molecule has 2 rings (SSSR count). The van der Waals surface area contributed by atoms with Crippen LogP contribution in [0.4, 0.5) is 5.69 Å². The lowest BCUT2D eigenvalue weighted by molar-refractivity contribution is -0.118. The first-order valence-corrected chi connectivity index (χ1v) is 8.32. The molecule has 0 aliphatic heterocycles. The standard InChI is InChI=1S/C21H17N3O5/c1-27-19-10-14(9-15(11-22)12-23)7-8-18(19)29-13-20(25)24-17-6-4-3-5-16(17)21(26)28-2/h3-10H,13H2,1-2H3,(H,24,25). The smallest absolute Gasteiger partial charge is 0.339 e. The zero-order valence-electron chi connectivity index (χ0n) is 15.8. The van der Waals surface area contributed by atoms with Crippen molar-refractivity contribution in [1.82, 2.24) is 0 Å². The number of rotatable bonds is 7. The van der Waals surface area contributed by atoms with E-state index in [1.54, 1.807) is 48.5 Å². The molecule has 1 amide bonds. The van der Waals surface area contributed by atoms with Crippen LogP contribution in [0.2, 0.25) is 0 Å². The number of nitriles is 2. The van der Waals surface area contributed by atoms with Gasteiger partial charge < -0.3 is 19.5 Å². The predicted molar refractivity (Wildman–Crippen MR) is 104 cm³/mol. The Hall–Kier alpha value is -4.30. The molecule has 0 saturated carbocycles. The number of nitrogens with zero attached hydrogens (tertiary/aromatic N) is 2. The van der Waals surface area contributed by atoms with Gasteiger partial charge in [0.05, 0.1) is 25.5 Å². The van der Waals surface area contributed by atoms with E-state index in [0.717, 1.165) is 0 Å². The van der Waals surface area contributed by atoms with Gasteiger partial charge in [-0.1, -0.05) is 18.2 Å². The predicted octanol–water partition coefficient (Wildman–Crippen LogP) is 2.93. The topological polar surface area (TPSA) is 121 Å². The fourth-order valence-electron chi connectivity index (χ4n) is 2.36. The molecular formula is C21H17N3O5. The van der Waals surface area contributed by atoms with Gasteiger partial charge >= 0.3 is 5.97 Å². The van der Waals surface area contributed by atoms with Crippen molar-refractivity contribution in [3.05, 3.63) is 59.2 Å². The largest absolute Gasteiger partial charge is 0.493 e. The summed E-state index contributed by atoms with van der Waals surface area (Å²) in [6.07, 6.45) is 1.41. The van der Waals surface area contributed by atoms with E-state index in [9.17, 15) is 9.59 Å². The number of anilines is 1. The third-order valence-electron chi connectivity index (χ3n) is 3.70. The van der Waals surface area contributed by atoms with Crippen LogP contribution in [0.25, 0.3) is 6.08 Å². The molecule has 0 bridgehead atoms. The second kappa shape index (κ2) is 10.1. The van der Waals surface area contributed by atoms with Crippen molar-refractivity contribution in [2.75, 3.05) is 26.1 Å². The lowest BCUT2D eigenvalue weighted by atomic mass is 10.1. The minimum absolute atomic E-state index is 0.0515. The Balaban J connectivity index is 2.10. The Morgan fingerprint density at radius 2 is 1.79 bits per heavy atom. The molecule has 8 nitrogen and oxygen atoms in total. The number of hydrogen-bond donors (Lipinski definition) is 1. The van der Waals surface area contributed by atoms with Gasteiger partial charge in [-0.3, -0.25) is 4.79 Å². The summed E-state index contributed by atoms with van der Waals surface area (Å²) in [7, 11) is 2.68. The summed E-state index contributed by atoms with van der Waals surface area (Å²) in [5.41, 5.74) is 1.05. The molecule has 0 unspecified atom stereocenters. The van der Waals surface area contributed by atoms with Crippen LogP contribution >= 0.6 is 0 Å². The maximum Gasteiger partial charge on any atom is 0.339 e. The van der Waals surface area contributed by atoms with Crippen LogP contribution in [0.5, 0.6) is 11.5 Å². The number of para-hydroxylation sites is 1. The molecule has 29 heavy (non-hydrogen) atoms. The SMILES string of the molecule is COC(=O)c1ccccc1NC(=O)COc1ccc(C=C(C#N)C#N)cc1OC. The van der Waals surface area contributed by atoms with Crippen molar-refractivity contribution in [2.24, 2.45) is 0 Å². The zero-order chi connectivity index (χ0) is 21.2. The van der Waals surface area contributed by atoms with Crippen LogP contribution in [0, 0.1) is 22.7 Å². The van der Waals surface area contributed by atoms with E-state index in [2.05, 4.69) is 10.1 Å². The highest BCUT2D eigenvalue weighted by Crippen LogP contribution is 2.29. The van der Waals surface area contributed by atoms with Gasteiger partial charge in [-0.2, -0.15) is 10.5 Å². The number of amides is 1. The van der Waals surface area contributed by atoms with Gasteiger partial charge in [0.15, 0.2) is 18.1 Å². The average Bonchev–Trinajstić information content (AvgIpc) is 2.76. The normalized spacial score (nSPS) is 9.38. The number of benzene rings is 2.